The highest BCUT2D eigenvalue weighted by Gasteiger charge is 2.26. The second-order valence-corrected chi connectivity index (χ2v) is 7.89. The lowest BCUT2D eigenvalue weighted by Crippen LogP contribution is -2.45. The number of nitrogens with zero attached hydrogens (tertiary/aromatic N) is 2. The molecule has 1 aliphatic rings. The van der Waals surface area contributed by atoms with Crippen LogP contribution in [0.4, 0.5) is 0 Å². The van der Waals surface area contributed by atoms with E-state index < -0.39 is 10.8 Å². The molecule has 6 heteroatoms. The first-order chi connectivity index (χ1) is 12.0. The summed E-state index contributed by atoms with van der Waals surface area (Å²) in [5.74, 6) is 0.398. The van der Waals surface area contributed by atoms with Crippen LogP contribution in [0.2, 0.25) is 0 Å². The molecule has 1 aliphatic heterocycles. The van der Waals surface area contributed by atoms with Crippen molar-refractivity contribution in [3.05, 3.63) is 54.0 Å². The summed E-state index contributed by atoms with van der Waals surface area (Å²) in [7, 11) is 1.19. The number of furan rings is 1. The zero-order valence-electron chi connectivity index (χ0n) is 14.7. The standard InChI is InChI=1S/C19H24N2O3S/c1-20(14-15-5-7-17(8-6-15)25(2)23)16-9-11-21(12-10-16)19(22)18-4-3-13-24-18/h3-8,13,16H,9-12,14H2,1-2H3. The van der Waals surface area contributed by atoms with Gasteiger partial charge in [-0.15, -0.1) is 0 Å². The first kappa shape index (κ1) is 17.9. The summed E-state index contributed by atoms with van der Waals surface area (Å²) in [6, 6.07) is 11.9. The molecule has 0 radical (unpaired) electrons. The van der Waals surface area contributed by atoms with E-state index in [1.54, 1.807) is 18.4 Å². The van der Waals surface area contributed by atoms with Gasteiger partial charge in [0.1, 0.15) is 0 Å². The van der Waals surface area contributed by atoms with Crippen molar-refractivity contribution in [2.24, 2.45) is 0 Å². The summed E-state index contributed by atoms with van der Waals surface area (Å²) >= 11 is 0. The van der Waals surface area contributed by atoms with Crippen LogP contribution in [0, 0.1) is 0 Å². The predicted molar refractivity (Wildman–Crippen MR) is 97.9 cm³/mol. The van der Waals surface area contributed by atoms with E-state index >= 15 is 0 Å². The Morgan fingerprint density at radius 1 is 1.24 bits per heavy atom. The highest BCUT2D eigenvalue weighted by Crippen LogP contribution is 2.20. The molecule has 134 valence electrons. The van der Waals surface area contributed by atoms with Crippen LogP contribution in [0.15, 0.2) is 52.0 Å². The Labute approximate surface area is 151 Å². The third-order valence-electron chi connectivity index (χ3n) is 4.79. The van der Waals surface area contributed by atoms with Crippen LogP contribution >= 0.6 is 0 Å². The van der Waals surface area contributed by atoms with Gasteiger partial charge >= 0.3 is 0 Å². The molecule has 2 aromatic rings. The van der Waals surface area contributed by atoms with Gasteiger partial charge in [-0.25, -0.2) is 0 Å². The minimum absolute atomic E-state index is 0.0192. The number of piperidine rings is 1. The molecule has 1 fully saturated rings. The number of carbonyl (C=O) groups excluding carboxylic acids is 1. The molecule has 1 saturated heterocycles. The Hall–Kier alpha value is -1.92. The number of likely N-dealkylation sites (tertiary alicyclic amines) is 1. The normalized spacial score (nSPS) is 17.0. The second kappa shape index (κ2) is 7.97. The van der Waals surface area contributed by atoms with Crippen LogP contribution in [-0.2, 0) is 17.3 Å². The van der Waals surface area contributed by atoms with E-state index in [1.807, 2.05) is 29.2 Å². The summed E-state index contributed by atoms with van der Waals surface area (Å²) in [4.78, 5) is 17.4. The molecule has 1 amide bonds. The van der Waals surface area contributed by atoms with E-state index in [4.69, 9.17) is 4.42 Å². The smallest absolute Gasteiger partial charge is 0.289 e. The van der Waals surface area contributed by atoms with Crippen LogP contribution in [0.3, 0.4) is 0 Å². The topological polar surface area (TPSA) is 53.8 Å². The average Bonchev–Trinajstić information content (AvgIpc) is 3.16. The number of rotatable bonds is 5. The molecule has 0 N–H and O–H groups in total. The zero-order valence-corrected chi connectivity index (χ0v) is 15.5. The lowest BCUT2D eigenvalue weighted by atomic mass is 10.0. The van der Waals surface area contributed by atoms with E-state index in [9.17, 15) is 9.00 Å². The number of hydrogen-bond donors (Lipinski definition) is 0. The molecule has 3 rings (SSSR count). The lowest BCUT2D eigenvalue weighted by molar-refractivity contribution is 0.0609. The Balaban J connectivity index is 1.52. The average molecular weight is 360 g/mol. The van der Waals surface area contributed by atoms with Gasteiger partial charge in [-0.1, -0.05) is 12.1 Å². The van der Waals surface area contributed by atoms with E-state index in [1.165, 1.54) is 11.8 Å². The maximum absolute atomic E-state index is 12.3. The van der Waals surface area contributed by atoms with Gasteiger partial charge in [0.25, 0.3) is 5.91 Å². The van der Waals surface area contributed by atoms with Crippen molar-refractivity contribution >= 4 is 16.7 Å². The molecule has 0 bridgehead atoms. The van der Waals surface area contributed by atoms with Crippen molar-refractivity contribution in [1.29, 1.82) is 0 Å². The largest absolute Gasteiger partial charge is 0.459 e. The van der Waals surface area contributed by atoms with Gasteiger partial charge in [0.2, 0.25) is 0 Å². The molecule has 1 unspecified atom stereocenters. The molecule has 0 aliphatic carbocycles. The van der Waals surface area contributed by atoms with Crippen LogP contribution in [-0.4, -0.2) is 52.4 Å². The van der Waals surface area contributed by atoms with E-state index in [0.717, 1.165) is 37.4 Å². The fraction of sp³-hybridized carbons (Fsp3) is 0.421. The van der Waals surface area contributed by atoms with Gasteiger partial charge in [-0.3, -0.25) is 13.9 Å². The zero-order chi connectivity index (χ0) is 17.8. The van der Waals surface area contributed by atoms with E-state index in [-0.39, 0.29) is 5.91 Å². The SMILES string of the molecule is CN(Cc1ccc(S(C)=O)cc1)C1CCN(C(=O)c2ccco2)CC1. The Morgan fingerprint density at radius 2 is 1.92 bits per heavy atom. The summed E-state index contributed by atoms with van der Waals surface area (Å²) in [6.07, 6.45) is 5.14. The number of benzene rings is 1. The molecule has 1 atom stereocenters. The Bertz CT molecular complexity index is 720. The molecule has 5 nitrogen and oxygen atoms in total. The van der Waals surface area contributed by atoms with Crippen molar-refractivity contribution in [2.75, 3.05) is 26.4 Å². The van der Waals surface area contributed by atoms with Gasteiger partial charge in [0.15, 0.2) is 5.76 Å². The van der Waals surface area contributed by atoms with Gasteiger partial charge in [-0.2, -0.15) is 0 Å². The van der Waals surface area contributed by atoms with Crippen molar-refractivity contribution in [3.63, 3.8) is 0 Å². The minimum atomic E-state index is -0.934. The van der Waals surface area contributed by atoms with Crippen molar-refractivity contribution in [1.82, 2.24) is 9.80 Å². The third kappa shape index (κ3) is 4.38. The van der Waals surface area contributed by atoms with Crippen molar-refractivity contribution in [3.8, 4) is 0 Å². The molecule has 2 heterocycles. The van der Waals surface area contributed by atoms with Crippen molar-refractivity contribution in [2.45, 2.75) is 30.3 Å². The maximum Gasteiger partial charge on any atom is 0.289 e. The fourth-order valence-electron chi connectivity index (χ4n) is 3.27. The van der Waals surface area contributed by atoms with Crippen molar-refractivity contribution < 1.29 is 13.4 Å². The van der Waals surface area contributed by atoms with Crippen LogP contribution in [0.1, 0.15) is 29.0 Å². The van der Waals surface area contributed by atoms with Gasteiger partial charge < -0.3 is 9.32 Å². The number of carbonyl (C=O) groups is 1. The van der Waals surface area contributed by atoms with Crippen LogP contribution in [0.25, 0.3) is 0 Å². The first-order valence-electron chi connectivity index (χ1n) is 8.50. The molecule has 1 aromatic heterocycles. The fourth-order valence-corrected chi connectivity index (χ4v) is 3.79. The van der Waals surface area contributed by atoms with Crippen LogP contribution in [0.5, 0.6) is 0 Å². The summed E-state index contributed by atoms with van der Waals surface area (Å²) < 4.78 is 16.7. The van der Waals surface area contributed by atoms with Gasteiger partial charge in [0.05, 0.1) is 6.26 Å². The van der Waals surface area contributed by atoms with Gasteiger partial charge in [0, 0.05) is 47.6 Å². The highest BCUT2D eigenvalue weighted by atomic mass is 32.2. The molecular weight excluding hydrogens is 336 g/mol. The highest BCUT2D eigenvalue weighted by molar-refractivity contribution is 7.84. The first-order valence-corrected chi connectivity index (χ1v) is 10.1. The molecule has 0 saturated carbocycles. The maximum atomic E-state index is 12.3. The number of amides is 1. The monoisotopic (exact) mass is 360 g/mol. The molecular formula is C19H24N2O3S. The molecule has 1 aromatic carbocycles. The molecule has 0 spiro atoms. The van der Waals surface area contributed by atoms with Crippen LogP contribution < -0.4 is 0 Å². The number of hydrogen-bond acceptors (Lipinski definition) is 4. The summed E-state index contributed by atoms with van der Waals surface area (Å²) in [5, 5.41) is 0. The molecule has 25 heavy (non-hydrogen) atoms. The minimum Gasteiger partial charge on any atom is -0.459 e. The third-order valence-corrected chi connectivity index (χ3v) is 5.73. The Kier molecular flexibility index (Phi) is 5.71. The lowest BCUT2D eigenvalue weighted by Gasteiger charge is -2.36. The van der Waals surface area contributed by atoms with Gasteiger partial charge in [-0.05, 0) is 49.7 Å². The Morgan fingerprint density at radius 3 is 2.48 bits per heavy atom. The summed E-state index contributed by atoms with van der Waals surface area (Å²) in [6.45, 7) is 2.36. The quantitative estimate of drug-likeness (QED) is 0.823. The predicted octanol–water partition coefficient (Wildman–Crippen LogP) is 2.75. The van der Waals surface area contributed by atoms with E-state index in [2.05, 4.69) is 11.9 Å². The summed E-state index contributed by atoms with van der Waals surface area (Å²) in [5.41, 5.74) is 1.21. The van der Waals surface area contributed by atoms with E-state index in [0.29, 0.717) is 11.8 Å². The second-order valence-electron chi connectivity index (χ2n) is 6.51.